The average Bonchev–Trinajstić information content (AvgIpc) is 2.42. The minimum absolute atomic E-state index is 0.285. The molecule has 0 aliphatic carbocycles. The Kier molecular flexibility index (Phi) is 4.51. The summed E-state index contributed by atoms with van der Waals surface area (Å²) in [5.74, 6) is -0.922. The summed E-state index contributed by atoms with van der Waals surface area (Å²) in [4.78, 5) is -0.487. The normalized spacial score (nSPS) is 11.4. The number of halogens is 2. The lowest BCUT2D eigenvalue weighted by atomic mass is 10.2. The number of aliphatic hydroxyl groups excluding tert-OH is 1. The molecule has 0 heterocycles. The van der Waals surface area contributed by atoms with Crippen molar-refractivity contribution in [3.8, 4) is 0 Å². The van der Waals surface area contributed by atoms with E-state index in [1.165, 1.54) is 12.1 Å². The van der Waals surface area contributed by atoms with Gasteiger partial charge in [0, 0.05) is 5.02 Å². The monoisotopic (exact) mass is 329 g/mol. The van der Waals surface area contributed by atoms with Gasteiger partial charge < -0.3 is 5.11 Å². The molecule has 0 spiro atoms. The van der Waals surface area contributed by atoms with E-state index < -0.39 is 20.7 Å². The predicted octanol–water partition coefficient (Wildman–Crippen LogP) is 3.08. The van der Waals surface area contributed by atoms with Gasteiger partial charge in [0.2, 0.25) is 0 Å². The summed E-state index contributed by atoms with van der Waals surface area (Å²) < 4.78 is 40.6. The van der Waals surface area contributed by atoms with Crippen molar-refractivity contribution in [1.29, 1.82) is 0 Å². The maximum atomic E-state index is 13.9. The Hall–Kier alpha value is -1.63. The summed E-state index contributed by atoms with van der Waals surface area (Å²) in [5, 5.41) is 9.28. The van der Waals surface area contributed by atoms with Gasteiger partial charge >= 0.3 is 0 Å². The lowest BCUT2D eigenvalue weighted by Gasteiger charge is -2.12. The number of sulfonamides is 1. The second-order valence-electron chi connectivity index (χ2n) is 4.49. The lowest BCUT2D eigenvalue weighted by molar-refractivity contribution is 0.281. The molecule has 7 heteroatoms. The van der Waals surface area contributed by atoms with Gasteiger partial charge in [0.15, 0.2) is 0 Å². The number of aryl methyl sites for hydroxylation is 1. The third kappa shape index (κ3) is 3.53. The van der Waals surface area contributed by atoms with Crippen LogP contribution in [0.5, 0.6) is 0 Å². The Labute approximate surface area is 127 Å². The van der Waals surface area contributed by atoms with E-state index in [9.17, 15) is 12.8 Å². The molecule has 0 amide bonds. The van der Waals surface area contributed by atoms with Gasteiger partial charge in [-0.3, -0.25) is 4.72 Å². The highest BCUT2D eigenvalue weighted by Gasteiger charge is 2.20. The van der Waals surface area contributed by atoms with E-state index in [4.69, 9.17) is 16.7 Å². The molecule has 21 heavy (non-hydrogen) atoms. The van der Waals surface area contributed by atoms with Crippen LogP contribution in [0.3, 0.4) is 0 Å². The van der Waals surface area contributed by atoms with Crippen LogP contribution in [0.4, 0.5) is 10.1 Å². The molecule has 0 atom stereocenters. The molecule has 112 valence electrons. The van der Waals surface area contributed by atoms with Gasteiger partial charge in [-0.05, 0) is 42.3 Å². The van der Waals surface area contributed by atoms with Crippen LogP contribution < -0.4 is 4.72 Å². The second-order valence-corrected chi connectivity index (χ2v) is 6.57. The molecule has 0 fully saturated rings. The highest BCUT2D eigenvalue weighted by Crippen LogP contribution is 2.24. The van der Waals surface area contributed by atoms with Crippen LogP contribution in [0.1, 0.15) is 11.1 Å². The molecule has 2 aromatic carbocycles. The largest absolute Gasteiger partial charge is 0.392 e. The van der Waals surface area contributed by atoms with Crippen LogP contribution in [-0.2, 0) is 16.6 Å². The second kappa shape index (κ2) is 6.01. The average molecular weight is 330 g/mol. The summed E-state index contributed by atoms with van der Waals surface area (Å²) in [7, 11) is -4.07. The fraction of sp³-hybridized carbons (Fsp3) is 0.143. The minimum atomic E-state index is -4.07. The molecule has 0 bridgehead atoms. The first-order chi connectivity index (χ1) is 9.83. The van der Waals surface area contributed by atoms with Gasteiger partial charge in [-0.1, -0.05) is 23.7 Å². The first kappa shape index (κ1) is 15.8. The number of nitrogens with one attached hydrogen (secondary N) is 1. The Morgan fingerprint density at radius 1 is 1.24 bits per heavy atom. The SMILES string of the molecule is Cc1ccc(Cl)cc1NS(=O)(=O)c1ccc(CO)cc1F. The van der Waals surface area contributed by atoms with Gasteiger partial charge in [0.05, 0.1) is 12.3 Å². The molecule has 2 rings (SSSR count). The molecular formula is C14H13ClFNO3S. The van der Waals surface area contributed by atoms with Crippen LogP contribution in [0, 0.1) is 12.7 Å². The maximum Gasteiger partial charge on any atom is 0.264 e. The molecule has 0 saturated carbocycles. The Morgan fingerprint density at radius 2 is 1.95 bits per heavy atom. The highest BCUT2D eigenvalue weighted by molar-refractivity contribution is 7.92. The number of anilines is 1. The molecule has 2 N–H and O–H groups in total. The first-order valence-electron chi connectivity index (χ1n) is 6.02. The summed E-state index contributed by atoms with van der Waals surface area (Å²) in [5.41, 5.74) is 1.24. The number of hydrogen-bond donors (Lipinski definition) is 2. The summed E-state index contributed by atoms with van der Waals surface area (Å²) in [6.07, 6.45) is 0. The fourth-order valence-corrected chi connectivity index (χ4v) is 3.12. The van der Waals surface area contributed by atoms with Crippen LogP contribution in [0.25, 0.3) is 0 Å². The van der Waals surface area contributed by atoms with E-state index in [0.29, 0.717) is 16.1 Å². The predicted molar refractivity (Wildman–Crippen MR) is 79.3 cm³/mol. The van der Waals surface area contributed by atoms with Gasteiger partial charge in [0.25, 0.3) is 10.0 Å². The molecule has 0 aliphatic heterocycles. The molecule has 0 aromatic heterocycles. The van der Waals surface area contributed by atoms with Crippen LogP contribution in [0.2, 0.25) is 5.02 Å². The van der Waals surface area contributed by atoms with Crippen molar-refractivity contribution in [3.63, 3.8) is 0 Å². The number of benzene rings is 2. The Bertz CT molecular complexity index is 778. The Balaban J connectivity index is 2.41. The minimum Gasteiger partial charge on any atom is -0.392 e. The number of hydrogen-bond acceptors (Lipinski definition) is 3. The Morgan fingerprint density at radius 3 is 2.57 bits per heavy atom. The standard InChI is InChI=1S/C14H13ClFNO3S/c1-9-2-4-11(15)7-13(9)17-21(19,20)14-5-3-10(8-18)6-12(14)16/h2-7,17-18H,8H2,1H3. The van der Waals surface area contributed by atoms with Crippen molar-refractivity contribution in [1.82, 2.24) is 0 Å². The summed E-state index contributed by atoms with van der Waals surface area (Å²) in [6.45, 7) is 1.34. The van der Waals surface area contributed by atoms with Gasteiger partial charge in [-0.25, -0.2) is 12.8 Å². The quantitative estimate of drug-likeness (QED) is 0.906. The van der Waals surface area contributed by atoms with Crippen molar-refractivity contribution in [2.45, 2.75) is 18.4 Å². The molecule has 0 aliphatic rings. The van der Waals surface area contributed by atoms with E-state index in [-0.39, 0.29) is 12.3 Å². The van der Waals surface area contributed by atoms with Crippen LogP contribution >= 0.6 is 11.6 Å². The molecule has 4 nitrogen and oxygen atoms in total. The van der Waals surface area contributed by atoms with Crippen molar-refractivity contribution in [2.24, 2.45) is 0 Å². The third-order valence-corrected chi connectivity index (χ3v) is 4.55. The van der Waals surface area contributed by atoms with Gasteiger partial charge in [0.1, 0.15) is 10.7 Å². The van der Waals surface area contributed by atoms with Crippen molar-refractivity contribution in [2.75, 3.05) is 4.72 Å². The van der Waals surface area contributed by atoms with Crippen LogP contribution in [-0.4, -0.2) is 13.5 Å². The summed E-state index contributed by atoms with van der Waals surface area (Å²) in [6, 6.07) is 8.19. The number of rotatable bonds is 4. The molecular weight excluding hydrogens is 317 g/mol. The molecule has 0 saturated heterocycles. The summed E-state index contributed by atoms with van der Waals surface area (Å²) >= 11 is 5.83. The zero-order valence-corrected chi connectivity index (χ0v) is 12.7. The van der Waals surface area contributed by atoms with Crippen LogP contribution in [0.15, 0.2) is 41.3 Å². The number of aliphatic hydroxyl groups is 1. The third-order valence-electron chi connectivity index (χ3n) is 2.91. The first-order valence-corrected chi connectivity index (χ1v) is 7.88. The molecule has 2 aromatic rings. The van der Waals surface area contributed by atoms with E-state index in [1.54, 1.807) is 19.1 Å². The zero-order valence-electron chi connectivity index (χ0n) is 11.1. The van der Waals surface area contributed by atoms with Crippen molar-refractivity contribution in [3.05, 3.63) is 58.4 Å². The van der Waals surface area contributed by atoms with Gasteiger partial charge in [-0.2, -0.15) is 0 Å². The van der Waals surface area contributed by atoms with Crippen molar-refractivity contribution >= 4 is 27.3 Å². The van der Waals surface area contributed by atoms with Gasteiger partial charge in [-0.15, -0.1) is 0 Å². The lowest BCUT2D eigenvalue weighted by Crippen LogP contribution is -2.15. The van der Waals surface area contributed by atoms with E-state index >= 15 is 0 Å². The van der Waals surface area contributed by atoms with E-state index in [0.717, 1.165) is 12.1 Å². The maximum absolute atomic E-state index is 13.9. The molecule has 0 radical (unpaired) electrons. The molecule has 0 unspecified atom stereocenters. The fourth-order valence-electron chi connectivity index (χ4n) is 1.76. The van der Waals surface area contributed by atoms with E-state index in [2.05, 4.69) is 4.72 Å². The zero-order chi connectivity index (χ0) is 15.6. The van der Waals surface area contributed by atoms with Crippen molar-refractivity contribution < 1.29 is 17.9 Å². The smallest absolute Gasteiger partial charge is 0.264 e. The topological polar surface area (TPSA) is 66.4 Å². The highest BCUT2D eigenvalue weighted by atomic mass is 35.5. The van der Waals surface area contributed by atoms with E-state index in [1.807, 2.05) is 0 Å².